The molecule has 0 fully saturated rings. The van der Waals surface area contributed by atoms with E-state index in [9.17, 15) is 92.2 Å². The molecule has 22 heteroatoms. The standard InChI is InChI=1S/C15H11F21S/c16-6(17,4-2-1-3-5-37)7(18,19)8(20,21)9(22,23)10(24,25)11(26,27)12(28,29)13(30,31)14(32,33)15(34,35)36/h37H,1-5H2. The fraction of sp³-hybridized carbons (Fsp3) is 1.00. The Hall–Kier alpha value is -1.12. The van der Waals surface area contributed by atoms with Crippen molar-refractivity contribution in [2.24, 2.45) is 0 Å². The Bertz CT molecular complexity index is 779. The van der Waals surface area contributed by atoms with Crippen LogP contribution in [0.3, 0.4) is 0 Å². The Morgan fingerprint density at radius 1 is 0.324 bits per heavy atom. The number of unbranched alkanes of at least 4 members (excludes halogenated alkanes) is 2. The molecule has 0 heterocycles. The molecule has 0 aromatic heterocycles. The number of hydrogen-bond donors (Lipinski definition) is 1. The number of alkyl halides is 21. The average molecular weight is 622 g/mol. The molecule has 0 rings (SSSR count). The van der Waals surface area contributed by atoms with E-state index in [0.717, 1.165) is 0 Å². The minimum atomic E-state index is -9.14. The van der Waals surface area contributed by atoms with Crippen molar-refractivity contribution in [2.45, 2.75) is 85.2 Å². The molecule has 0 aromatic carbocycles. The van der Waals surface area contributed by atoms with E-state index in [1.807, 2.05) is 0 Å². The van der Waals surface area contributed by atoms with Crippen LogP contribution in [0, 0.1) is 0 Å². The minimum Gasteiger partial charge on any atom is -0.200 e. The molecule has 0 spiro atoms. The van der Waals surface area contributed by atoms with E-state index >= 15 is 0 Å². The van der Waals surface area contributed by atoms with Gasteiger partial charge in [-0.1, -0.05) is 6.42 Å². The van der Waals surface area contributed by atoms with Gasteiger partial charge in [0.15, 0.2) is 0 Å². The third-order valence-corrected chi connectivity index (χ3v) is 5.04. The molecule has 0 bridgehead atoms. The van der Waals surface area contributed by atoms with Gasteiger partial charge in [-0.25, -0.2) is 0 Å². The maximum absolute atomic E-state index is 13.6. The first-order valence-corrected chi connectivity index (χ1v) is 9.52. The molecule has 224 valence electrons. The summed E-state index contributed by atoms with van der Waals surface area (Å²) in [5, 5.41) is 0. The number of halogens is 21. The normalized spacial score (nSPS) is 16.4. The lowest BCUT2D eigenvalue weighted by molar-refractivity contribution is -0.474. The monoisotopic (exact) mass is 622 g/mol. The van der Waals surface area contributed by atoms with E-state index in [-0.39, 0.29) is 12.2 Å². The van der Waals surface area contributed by atoms with Crippen LogP contribution in [-0.4, -0.2) is 65.2 Å². The molecule has 0 aromatic rings. The van der Waals surface area contributed by atoms with Gasteiger partial charge in [-0.2, -0.15) is 105 Å². The Morgan fingerprint density at radius 2 is 0.595 bits per heavy atom. The van der Waals surface area contributed by atoms with Crippen LogP contribution < -0.4 is 0 Å². The van der Waals surface area contributed by atoms with Crippen LogP contribution in [0.5, 0.6) is 0 Å². The Kier molecular flexibility index (Phi) is 9.51. The molecule has 0 aliphatic carbocycles. The molecule has 0 nitrogen and oxygen atoms in total. The van der Waals surface area contributed by atoms with Crippen molar-refractivity contribution in [3.63, 3.8) is 0 Å². The van der Waals surface area contributed by atoms with Crippen molar-refractivity contribution in [1.29, 1.82) is 0 Å². The van der Waals surface area contributed by atoms with Gasteiger partial charge >= 0.3 is 59.5 Å². The first-order chi connectivity index (χ1) is 15.8. The molecule has 37 heavy (non-hydrogen) atoms. The second-order valence-electron chi connectivity index (χ2n) is 7.33. The summed E-state index contributed by atoms with van der Waals surface area (Å²) in [7, 11) is 0. The SMILES string of the molecule is FC(F)(F)C(F)(F)C(F)(F)C(F)(F)C(F)(F)C(F)(F)C(F)(F)C(F)(F)C(F)(F)C(F)(F)CCCCCS. The molecule has 0 aliphatic rings. The summed E-state index contributed by atoms with van der Waals surface area (Å²) < 4.78 is 277. The number of rotatable bonds is 13. The quantitative estimate of drug-likeness (QED) is 0.119. The highest BCUT2D eigenvalue weighted by molar-refractivity contribution is 7.80. The van der Waals surface area contributed by atoms with Crippen LogP contribution in [-0.2, 0) is 0 Å². The van der Waals surface area contributed by atoms with Crippen molar-refractivity contribution < 1.29 is 92.2 Å². The molecular formula is C15H11F21S. The van der Waals surface area contributed by atoms with Gasteiger partial charge in [0.1, 0.15) is 0 Å². The summed E-state index contributed by atoms with van der Waals surface area (Å²) in [6, 6.07) is 0. The summed E-state index contributed by atoms with van der Waals surface area (Å²) in [6.45, 7) is 0. The topological polar surface area (TPSA) is 0 Å². The van der Waals surface area contributed by atoms with Crippen LogP contribution in [0.1, 0.15) is 25.7 Å². The largest absolute Gasteiger partial charge is 0.460 e. The van der Waals surface area contributed by atoms with E-state index in [1.165, 1.54) is 0 Å². The first-order valence-electron chi connectivity index (χ1n) is 8.89. The maximum Gasteiger partial charge on any atom is 0.460 e. The summed E-state index contributed by atoms with van der Waals surface area (Å²) in [5.41, 5.74) is 0. The fourth-order valence-electron chi connectivity index (χ4n) is 2.38. The lowest BCUT2D eigenvalue weighted by Gasteiger charge is -2.44. The molecule has 0 atom stereocenters. The van der Waals surface area contributed by atoms with E-state index in [2.05, 4.69) is 12.6 Å². The van der Waals surface area contributed by atoms with Crippen molar-refractivity contribution in [2.75, 3.05) is 5.75 Å². The zero-order chi connectivity index (χ0) is 30.5. The van der Waals surface area contributed by atoms with Gasteiger partial charge in [0.2, 0.25) is 0 Å². The van der Waals surface area contributed by atoms with Gasteiger partial charge in [-0.3, -0.25) is 0 Å². The average Bonchev–Trinajstić information content (AvgIpc) is 2.69. The fourth-order valence-corrected chi connectivity index (χ4v) is 2.61. The van der Waals surface area contributed by atoms with Crippen LogP contribution in [0.25, 0.3) is 0 Å². The Labute approximate surface area is 196 Å². The third-order valence-electron chi connectivity index (χ3n) is 4.72. The Balaban J connectivity index is 6.80. The lowest BCUT2D eigenvalue weighted by atomic mass is 9.85. The van der Waals surface area contributed by atoms with Crippen molar-refractivity contribution in [3.05, 3.63) is 0 Å². The molecular weight excluding hydrogens is 611 g/mol. The van der Waals surface area contributed by atoms with Crippen molar-refractivity contribution in [1.82, 2.24) is 0 Å². The molecule has 0 aliphatic heterocycles. The molecule has 0 N–H and O–H groups in total. The first kappa shape index (κ1) is 35.9. The van der Waals surface area contributed by atoms with Crippen LogP contribution >= 0.6 is 12.6 Å². The summed E-state index contributed by atoms with van der Waals surface area (Å²) in [6.07, 6.45) is -12.6. The second-order valence-corrected chi connectivity index (χ2v) is 7.78. The van der Waals surface area contributed by atoms with Gasteiger partial charge in [0, 0.05) is 6.42 Å². The zero-order valence-electron chi connectivity index (χ0n) is 16.9. The molecule has 0 amide bonds. The van der Waals surface area contributed by atoms with E-state index < -0.39 is 78.7 Å². The highest BCUT2D eigenvalue weighted by atomic mass is 32.1. The van der Waals surface area contributed by atoms with Crippen molar-refractivity contribution in [3.8, 4) is 0 Å². The molecule has 0 radical (unpaired) electrons. The summed E-state index contributed by atoms with van der Waals surface area (Å²) in [4.78, 5) is 0. The van der Waals surface area contributed by atoms with Crippen LogP contribution in [0.4, 0.5) is 92.2 Å². The van der Waals surface area contributed by atoms with Crippen LogP contribution in [0.2, 0.25) is 0 Å². The highest BCUT2D eigenvalue weighted by Crippen LogP contribution is 2.66. The molecule has 0 unspecified atom stereocenters. The summed E-state index contributed by atoms with van der Waals surface area (Å²) in [5.74, 6) is -76.5. The Morgan fingerprint density at radius 3 is 0.865 bits per heavy atom. The smallest absolute Gasteiger partial charge is 0.200 e. The van der Waals surface area contributed by atoms with E-state index in [0.29, 0.717) is 0 Å². The van der Waals surface area contributed by atoms with Gasteiger partial charge in [0.05, 0.1) is 0 Å². The lowest BCUT2D eigenvalue weighted by Crippen LogP contribution is -2.76. The van der Waals surface area contributed by atoms with Gasteiger partial charge in [0.25, 0.3) is 0 Å². The minimum absolute atomic E-state index is 0.135. The predicted molar refractivity (Wildman–Crippen MR) is 82.9 cm³/mol. The van der Waals surface area contributed by atoms with Gasteiger partial charge < -0.3 is 0 Å². The molecule has 0 saturated heterocycles. The third kappa shape index (κ3) is 5.00. The van der Waals surface area contributed by atoms with Gasteiger partial charge in [-0.05, 0) is 18.6 Å². The summed E-state index contributed by atoms with van der Waals surface area (Å²) >= 11 is 3.51. The van der Waals surface area contributed by atoms with Crippen molar-refractivity contribution >= 4 is 12.6 Å². The van der Waals surface area contributed by atoms with E-state index in [1.54, 1.807) is 0 Å². The number of thiol groups is 1. The number of hydrogen-bond acceptors (Lipinski definition) is 1. The zero-order valence-corrected chi connectivity index (χ0v) is 17.8. The predicted octanol–water partition coefficient (Wildman–Crippen LogP) is 8.76. The highest BCUT2D eigenvalue weighted by Gasteiger charge is 2.97. The second kappa shape index (κ2) is 9.81. The van der Waals surface area contributed by atoms with E-state index in [4.69, 9.17) is 0 Å². The molecule has 0 saturated carbocycles. The van der Waals surface area contributed by atoms with Gasteiger partial charge in [-0.15, -0.1) is 0 Å². The van der Waals surface area contributed by atoms with Crippen LogP contribution in [0.15, 0.2) is 0 Å². The maximum atomic E-state index is 13.6.